The number of urea groups is 1. The number of carbonyl (C=O) groups excluding carboxylic acids is 1. The molecule has 6 nitrogen and oxygen atoms in total. The zero-order valence-electron chi connectivity index (χ0n) is 10.7. The fourth-order valence-corrected chi connectivity index (χ4v) is 2.16. The predicted octanol–water partition coefficient (Wildman–Crippen LogP) is 1.59. The van der Waals surface area contributed by atoms with Gasteiger partial charge in [-0.3, -0.25) is 4.68 Å². The second kappa shape index (κ2) is 6.39. The van der Waals surface area contributed by atoms with Crippen LogP contribution in [0.2, 0.25) is 0 Å². The van der Waals surface area contributed by atoms with Gasteiger partial charge in [0.15, 0.2) is 0 Å². The third-order valence-corrected chi connectivity index (χ3v) is 3.11. The van der Waals surface area contributed by atoms with Crippen molar-refractivity contribution in [3.05, 3.63) is 12.4 Å². The number of nitrogens with zero attached hydrogens (tertiary/aromatic N) is 2. The van der Waals surface area contributed by atoms with Crippen LogP contribution in [0.15, 0.2) is 12.4 Å². The maximum Gasteiger partial charge on any atom is 0.319 e. The summed E-state index contributed by atoms with van der Waals surface area (Å²) in [7, 11) is 1.65. The summed E-state index contributed by atoms with van der Waals surface area (Å²) in [5, 5.41) is 9.89. The number of hydrogen-bond acceptors (Lipinski definition) is 3. The Labute approximate surface area is 107 Å². The van der Waals surface area contributed by atoms with Crippen molar-refractivity contribution in [3.8, 4) is 0 Å². The highest BCUT2D eigenvalue weighted by Crippen LogP contribution is 2.17. The zero-order chi connectivity index (χ0) is 12.8. The van der Waals surface area contributed by atoms with Crippen LogP contribution in [0.1, 0.15) is 25.7 Å². The molecule has 0 bridgehead atoms. The summed E-state index contributed by atoms with van der Waals surface area (Å²) in [4.78, 5) is 11.7. The van der Waals surface area contributed by atoms with Crippen molar-refractivity contribution in [1.82, 2.24) is 15.1 Å². The summed E-state index contributed by atoms with van der Waals surface area (Å²) in [6, 6.07) is 0.182. The minimum Gasteiger partial charge on any atom is -0.383 e. The first-order chi connectivity index (χ1) is 8.78. The summed E-state index contributed by atoms with van der Waals surface area (Å²) < 4.78 is 6.71. The SMILES string of the molecule is COCCn1cc(NC(=O)NC2CCCC2)cn1. The van der Waals surface area contributed by atoms with Gasteiger partial charge in [0.2, 0.25) is 0 Å². The Kier molecular flexibility index (Phi) is 4.58. The van der Waals surface area contributed by atoms with Crippen LogP contribution in [0.5, 0.6) is 0 Å². The molecule has 2 amide bonds. The summed E-state index contributed by atoms with van der Waals surface area (Å²) >= 11 is 0. The Balaban J connectivity index is 1.77. The van der Waals surface area contributed by atoms with E-state index in [1.54, 1.807) is 24.2 Å². The van der Waals surface area contributed by atoms with Crippen molar-refractivity contribution >= 4 is 11.7 Å². The van der Waals surface area contributed by atoms with Crippen LogP contribution >= 0.6 is 0 Å². The van der Waals surface area contributed by atoms with Crippen LogP contribution in [0, 0.1) is 0 Å². The molecule has 0 spiro atoms. The lowest BCUT2D eigenvalue weighted by Crippen LogP contribution is -2.36. The number of aromatic nitrogens is 2. The maximum atomic E-state index is 11.7. The van der Waals surface area contributed by atoms with Crippen molar-refractivity contribution < 1.29 is 9.53 Å². The average Bonchev–Trinajstić information content (AvgIpc) is 2.98. The third kappa shape index (κ3) is 3.73. The van der Waals surface area contributed by atoms with Crippen LogP contribution in [-0.4, -0.2) is 35.6 Å². The third-order valence-electron chi connectivity index (χ3n) is 3.11. The van der Waals surface area contributed by atoms with Crippen LogP contribution in [0.4, 0.5) is 10.5 Å². The van der Waals surface area contributed by atoms with Gasteiger partial charge in [0, 0.05) is 19.3 Å². The Morgan fingerprint density at radius 3 is 3.06 bits per heavy atom. The molecule has 0 atom stereocenters. The molecule has 0 unspecified atom stereocenters. The normalized spacial score (nSPS) is 15.8. The first kappa shape index (κ1) is 12.9. The molecule has 6 heteroatoms. The number of anilines is 1. The van der Waals surface area contributed by atoms with Crippen LogP contribution in [0.25, 0.3) is 0 Å². The van der Waals surface area contributed by atoms with Crippen LogP contribution < -0.4 is 10.6 Å². The summed E-state index contributed by atoms with van der Waals surface area (Å²) in [6.07, 6.45) is 8.03. The lowest BCUT2D eigenvalue weighted by Gasteiger charge is -2.11. The molecule has 1 aromatic rings. The van der Waals surface area contributed by atoms with Crippen molar-refractivity contribution in [1.29, 1.82) is 0 Å². The number of nitrogens with one attached hydrogen (secondary N) is 2. The predicted molar refractivity (Wildman–Crippen MR) is 68.5 cm³/mol. The molecule has 18 heavy (non-hydrogen) atoms. The van der Waals surface area contributed by atoms with Gasteiger partial charge in [-0.2, -0.15) is 5.10 Å². The number of rotatable bonds is 5. The molecule has 2 rings (SSSR count). The molecule has 1 saturated carbocycles. The van der Waals surface area contributed by atoms with Gasteiger partial charge in [0.1, 0.15) is 0 Å². The first-order valence-corrected chi connectivity index (χ1v) is 6.37. The van der Waals surface area contributed by atoms with Gasteiger partial charge in [-0.15, -0.1) is 0 Å². The number of ether oxygens (including phenoxy) is 1. The fraction of sp³-hybridized carbons (Fsp3) is 0.667. The van der Waals surface area contributed by atoms with E-state index in [-0.39, 0.29) is 6.03 Å². The van der Waals surface area contributed by atoms with E-state index in [2.05, 4.69) is 15.7 Å². The minimum absolute atomic E-state index is 0.145. The Morgan fingerprint density at radius 1 is 1.56 bits per heavy atom. The highest BCUT2D eigenvalue weighted by molar-refractivity contribution is 5.89. The van der Waals surface area contributed by atoms with Crippen molar-refractivity contribution in [3.63, 3.8) is 0 Å². The maximum absolute atomic E-state index is 11.7. The van der Waals surface area contributed by atoms with Crippen molar-refractivity contribution in [2.75, 3.05) is 19.0 Å². The lowest BCUT2D eigenvalue weighted by molar-refractivity contribution is 0.183. The van der Waals surface area contributed by atoms with E-state index in [0.717, 1.165) is 12.8 Å². The van der Waals surface area contributed by atoms with E-state index < -0.39 is 0 Å². The molecule has 1 fully saturated rings. The van der Waals surface area contributed by atoms with Gasteiger partial charge in [-0.05, 0) is 12.8 Å². The molecule has 1 heterocycles. The van der Waals surface area contributed by atoms with Gasteiger partial charge >= 0.3 is 6.03 Å². The van der Waals surface area contributed by atoms with E-state index in [1.165, 1.54) is 12.8 Å². The van der Waals surface area contributed by atoms with Gasteiger partial charge in [-0.1, -0.05) is 12.8 Å². The van der Waals surface area contributed by atoms with Gasteiger partial charge in [0.05, 0.1) is 25.0 Å². The second-order valence-electron chi connectivity index (χ2n) is 4.56. The van der Waals surface area contributed by atoms with Gasteiger partial charge in [-0.25, -0.2) is 4.79 Å². The Morgan fingerprint density at radius 2 is 2.33 bits per heavy atom. The molecule has 1 aliphatic rings. The summed E-state index contributed by atoms with van der Waals surface area (Å²) in [5.41, 5.74) is 0.710. The fourth-order valence-electron chi connectivity index (χ4n) is 2.16. The standard InChI is InChI=1S/C12H20N4O2/c1-18-7-6-16-9-11(8-13-16)15-12(17)14-10-4-2-3-5-10/h8-10H,2-7H2,1H3,(H2,14,15,17). The topological polar surface area (TPSA) is 68.2 Å². The molecular weight excluding hydrogens is 232 g/mol. The molecule has 1 aromatic heterocycles. The molecule has 100 valence electrons. The smallest absolute Gasteiger partial charge is 0.319 e. The van der Waals surface area contributed by atoms with E-state index >= 15 is 0 Å². The highest BCUT2D eigenvalue weighted by Gasteiger charge is 2.17. The quantitative estimate of drug-likeness (QED) is 0.836. The molecule has 2 N–H and O–H groups in total. The molecular formula is C12H20N4O2. The zero-order valence-corrected chi connectivity index (χ0v) is 10.7. The molecule has 0 aromatic carbocycles. The monoisotopic (exact) mass is 252 g/mol. The lowest BCUT2D eigenvalue weighted by atomic mass is 10.2. The number of hydrogen-bond donors (Lipinski definition) is 2. The number of amides is 2. The van der Waals surface area contributed by atoms with Crippen LogP contribution in [-0.2, 0) is 11.3 Å². The highest BCUT2D eigenvalue weighted by atomic mass is 16.5. The van der Waals surface area contributed by atoms with Crippen molar-refractivity contribution in [2.24, 2.45) is 0 Å². The molecule has 0 saturated heterocycles. The van der Waals surface area contributed by atoms with Crippen molar-refractivity contribution in [2.45, 2.75) is 38.3 Å². The van der Waals surface area contributed by atoms with E-state index in [4.69, 9.17) is 4.74 Å². The molecule has 1 aliphatic carbocycles. The minimum atomic E-state index is -0.145. The van der Waals surface area contributed by atoms with E-state index in [1.807, 2.05) is 0 Å². The number of carbonyl (C=O) groups is 1. The molecule has 0 aliphatic heterocycles. The summed E-state index contributed by atoms with van der Waals surface area (Å²) in [5.74, 6) is 0. The van der Waals surface area contributed by atoms with Gasteiger partial charge in [0.25, 0.3) is 0 Å². The Hall–Kier alpha value is -1.56. The van der Waals surface area contributed by atoms with E-state index in [0.29, 0.717) is 24.9 Å². The first-order valence-electron chi connectivity index (χ1n) is 6.37. The van der Waals surface area contributed by atoms with Crippen LogP contribution in [0.3, 0.4) is 0 Å². The van der Waals surface area contributed by atoms with Gasteiger partial charge < -0.3 is 15.4 Å². The average molecular weight is 252 g/mol. The largest absolute Gasteiger partial charge is 0.383 e. The second-order valence-corrected chi connectivity index (χ2v) is 4.56. The Bertz CT molecular complexity index is 385. The number of methoxy groups -OCH3 is 1. The molecule has 0 radical (unpaired) electrons. The summed E-state index contributed by atoms with van der Waals surface area (Å²) in [6.45, 7) is 1.29. The van der Waals surface area contributed by atoms with E-state index in [9.17, 15) is 4.79 Å².